The molecule has 26 heavy (non-hydrogen) atoms. The summed E-state index contributed by atoms with van der Waals surface area (Å²) in [5.41, 5.74) is 1.31. The Hall–Kier alpha value is -1.38. The Labute approximate surface area is 161 Å². The Bertz CT molecular complexity index is 1000. The van der Waals surface area contributed by atoms with Crippen molar-refractivity contribution in [2.45, 2.75) is 50.2 Å². The number of aryl methyl sites for hydroxylation is 3. The average molecular weight is 392 g/mol. The molecule has 0 saturated heterocycles. The Morgan fingerprint density at radius 3 is 2.81 bits per heavy atom. The lowest BCUT2D eigenvalue weighted by Crippen LogP contribution is -2.18. The van der Waals surface area contributed by atoms with Crippen LogP contribution in [0.1, 0.15) is 36.1 Å². The summed E-state index contributed by atoms with van der Waals surface area (Å²) in [6, 6.07) is 0. The van der Waals surface area contributed by atoms with Gasteiger partial charge >= 0.3 is 0 Å². The zero-order valence-corrected chi connectivity index (χ0v) is 17.3. The molecule has 0 N–H and O–H groups in total. The summed E-state index contributed by atoms with van der Waals surface area (Å²) < 4.78 is 3.63. The highest BCUT2D eigenvalue weighted by molar-refractivity contribution is 7.98. The van der Waals surface area contributed by atoms with Gasteiger partial charge in [0.2, 0.25) is 5.78 Å². The van der Waals surface area contributed by atoms with Crippen molar-refractivity contribution in [3.63, 3.8) is 0 Å². The minimum atomic E-state index is 0.0626. The predicted molar refractivity (Wildman–Crippen MR) is 109 cm³/mol. The number of thiophene rings is 1. The Balaban J connectivity index is 1.88. The minimum absolute atomic E-state index is 0.0626. The van der Waals surface area contributed by atoms with Gasteiger partial charge in [0, 0.05) is 11.4 Å². The van der Waals surface area contributed by atoms with Crippen LogP contribution >= 0.6 is 23.1 Å². The molecule has 3 aromatic rings. The second kappa shape index (κ2) is 7.32. The quantitative estimate of drug-likeness (QED) is 0.494. The first-order valence-electron chi connectivity index (χ1n) is 9.22. The zero-order valence-electron chi connectivity index (χ0n) is 15.6. The molecule has 3 aromatic heterocycles. The summed E-state index contributed by atoms with van der Waals surface area (Å²) >= 11 is 3.23. The van der Waals surface area contributed by atoms with E-state index in [1.54, 1.807) is 15.7 Å². The Morgan fingerprint density at radius 1 is 1.23 bits per heavy atom. The molecule has 0 saturated carbocycles. The third-order valence-corrected chi connectivity index (χ3v) is 6.82. The molecule has 140 valence electrons. The first-order chi connectivity index (χ1) is 12.6. The lowest BCUT2D eigenvalue weighted by Gasteiger charge is -2.08. The van der Waals surface area contributed by atoms with Gasteiger partial charge in [-0.1, -0.05) is 18.2 Å². The van der Waals surface area contributed by atoms with E-state index in [-0.39, 0.29) is 5.56 Å². The smallest absolute Gasteiger partial charge is 0.270 e. The zero-order chi connectivity index (χ0) is 18.3. The fourth-order valence-electron chi connectivity index (χ4n) is 3.73. The molecular formula is C18H25N5OS2. The molecule has 6 nitrogen and oxygen atoms in total. The van der Waals surface area contributed by atoms with Gasteiger partial charge in [0.05, 0.1) is 5.39 Å². The van der Waals surface area contributed by atoms with Crippen LogP contribution in [0, 0.1) is 0 Å². The van der Waals surface area contributed by atoms with Crippen LogP contribution in [0.5, 0.6) is 0 Å². The fourth-order valence-corrected chi connectivity index (χ4v) is 5.50. The normalized spacial score (nSPS) is 15.1. The maximum absolute atomic E-state index is 13.4. The molecule has 1 aliphatic carbocycles. The van der Waals surface area contributed by atoms with E-state index in [0.717, 1.165) is 47.7 Å². The van der Waals surface area contributed by atoms with Crippen molar-refractivity contribution >= 4 is 39.1 Å². The van der Waals surface area contributed by atoms with Crippen molar-refractivity contribution < 1.29 is 0 Å². The first kappa shape index (κ1) is 18.0. The summed E-state index contributed by atoms with van der Waals surface area (Å²) in [6.07, 6.45) is 8.67. The summed E-state index contributed by atoms with van der Waals surface area (Å²) in [5, 5.41) is 6.24. The molecule has 8 heteroatoms. The molecule has 1 aliphatic rings. The summed E-state index contributed by atoms with van der Waals surface area (Å²) in [5.74, 6) is 0.682. The highest BCUT2D eigenvalue weighted by Gasteiger charge is 2.22. The third-order valence-electron chi connectivity index (χ3n) is 5.01. The maximum atomic E-state index is 13.4. The summed E-state index contributed by atoms with van der Waals surface area (Å²) in [7, 11) is 4.14. The Morgan fingerprint density at radius 2 is 2.04 bits per heavy atom. The Kier molecular flexibility index (Phi) is 5.07. The molecular weight excluding hydrogens is 366 g/mol. The second-order valence-electron chi connectivity index (χ2n) is 7.16. The summed E-state index contributed by atoms with van der Waals surface area (Å²) in [4.78, 5) is 22.7. The topological polar surface area (TPSA) is 55.4 Å². The van der Waals surface area contributed by atoms with Crippen molar-refractivity contribution in [3.05, 3.63) is 20.8 Å². The van der Waals surface area contributed by atoms with Crippen LogP contribution in [0.4, 0.5) is 0 Å². The van der Waals surface area contributed by atoms with Gasteiger partial charge in [0.25, 0.3) is 5.56 Å². The van der Waals surface area contributed by atoms with Crippen molar-refractivity contribution in [1.82, 2.24) is 24.1 Å². The highest BCUT2D eigenvalue weighted by Crippen LogP contribution is 2.33. The SMILES string of the molecule is CSc1nn(CCCN(C)C)c2nc3sc4c(c3c(=O)n12)CCCCC4. The number of fused-ring (bicyclic) bond motifs is 4. The van der Waals surface area contributed by atoms with E-state index in [4.69, 9.17) is 4.98 Å². The van der Waals surface area contributed by atoms with Gasteiger partial charge in [-0.05, 0) is 64.6 Å². The van der Waals surface area contributed by atoms with Crippen molar-refractivity contribution in [2.24, 2.45) is 0 Å². The number of nitrogens with zero attached hydrogens (tertiary/aromatic N) is 5. The molecule has 0 aliphatic heterocycles. The number of thioether (sulfide) groups is 1. The number of rotatable bonds is 5. The van der Waals surface area contributed by atoms with Crippen molar-refractivity contribution in [1.29, 1.82) is 0 Å². The third kappa shape index (κ3) is 3.08. The van der Waals surface area contributed by atoms with E-state index in [9.17, 15) is 4.79 Å². The van der Waals surface area contributed by atoms with Gasteiger partial charge in [-0.3, -0.25) is 4.79 Å². The van der Waals surface area contributed by atoms with Gasteiger partial charge in [0.1, 0.15) is 4.83 Å². The average Bonchev–Trinajstić information content (AvgIpc) is 3.05. The fraction of sp³-hybridized carbons (Fsp3) is 0.611. The van der Waals surface area contributed by atoms with Crippen LogP contribution in [-0.4, -0.2) is 51.0 Å². The van der Waals surface area contributed by atoms with Crippen molar-refractivity contribution in [2.75, 3.05) is 26.9 Å². The monoisotopic (exact) mass is 391 g/mol. The van der Waals surface area contributed by atoms with E-state index in [0.29, 0.717) is 5.78 Å². The maximum Gasteiger partial charge on any atom is 0.270 e. The number of aromatic nitrogens is 4. The van der Waals surface area contributed by atoms with Crippen LogP contribution in [0.15, 0.2) is 9.95 Å². The molecule has 0 radical (unpaired) electrons. The first-order valence-corrected chi connectivity index (χ1v) is 11.3. The van der Waals surface area contributed by atoms with Crippen LogP contribution < -0.4 is 5.56 Å². The molecule has 0 amide bonds. The van der Waals surface area contributed by atoms with Gasteiger partial charge in [0.15, 0.2) is 5.16 Å². The van der Waals surface area contributed by atoms with Crippen LogP contribution in [-0.2, 0) is 19.4 Å². The minimum Gasteiger partial charge on any atom is -0.309 e. The van der Waals surface area contributed by atoms with E-state index in [1.807, 2.05) is 10.9 Å². The molecule has 0 atom stereocenters. The van der Waals surface area contributed by atoms with Crippen LogP contribution in [0.25, 0.3) is 16.0 Å². The molecule has 4 rings (SSSR count). The van der Waals surface area contributed by atoms with Crippen molar-refractivity contribution in [3.8, 4) is 0 Å². The standard InChI is InChI=1S/C18H25N5OS2/c1-21(2)10-7-11-22-17-19-15-14(16(24)23(17)18(20-22)25-3)12-8-5-4-6-9-13(12)26-15/h4-11H2,1-3H3. The molecule has 0 unspecified atom stereocenters. The van der Waals surface area contributed by atoms with Gasteiger partial charge in [-0.15, -0.1) is 16.4 Å². The van der Waals surface area contributed by atoms with Gasteiger partial charge in [-0.25, -0.2) is 14.1 Å². The lowest BCUT2D eigenvalue weighted by atomic mass is 10.1. The summed E-state index contributed by atoms with van der Waals surface area (Å²) in [6.45, 7) is 1.76. The number of hydrogen-bond donors (Lipinski definition) is 0. The van der Waals surface area contributed by atoms with Gasteiger partial charge in [-0.2, -0.15) is 0 Å². The number of hydrogen-bond acceptors (Lipinski definition) is 6. The predicted octanol–water partition coefficient (Wildman–Crippen LogP) is 3.05. The second-order valence-corrected chi connectivity index (χ2v) is 9.02. The molecule has 0 aromatic carbocycles. The largest absolute Gasteiger partial charge is 0.309 e. The van der Waals surface area contributed by atoms with E-state index in [2.05, 4.69) is 24.1 Å². The molecule has 0 bridgehead atoms. The van der Waals surface area contributed by atoms with E-state index in [1.165, 1.54) is 41.5 Å². The van der Waals surface area contributed by atoms with Gasteiger partial charge < -0.3 is 4.90 Å². The highest BCUT2D eigenvalue weighted by atomic mass is 32.2. The van der Waals surface area contributed by atoms with Crippen LogP contribution in [0.2, 0.25) is 0 Å². The molecule has 0 fully saturated rings. The molecule has 0 spiro atoms. The van der Waals surface area contributed by atoms with E-state index >= 15 is 0 Å². The lowest BCUT2D eigenvalue weighted by molar-refractivity contribution is 0.381. The van der Waals surface area contributed by atoms with Crippen LogP contribution in [0.3, 0.4) is 0 Å². The molecule has 3 heterocycles. The van der Waals surface area contributed by atoms with E-state index < -0.39 is 0 Å².